The predicted molar refractivity (Wildman–Crippen MR) is 88.2 cm³/mol. The maximum Gasteiger partial charge on any atom is 0.246 e. The summed E-state index contributed by atoms with van der Waals surface area (Å²) in [5, 5.41) is 20.4. The number of rotatable bonds is 5. The molecule has 1 saturated heterocycles. The monoisotopic (exact) mass is 347 g/mol. The van der Waals surface area contributed by atoms with Crippen LogP contribution in [0.5, 0.6) is 0 Å². The molecule has 8 nitrogen and oxygen atoms in total. The summed E-state index contributed by atoms with van der Waals surface area (Å²) in [5.74, 6) is 0.0586. The van der Waals surface area contributed by atoms with Gasteiger partial charge in [-0.05, 0) is 43.9 Å². The minimum Gasteiger partial charge on any atom is -0.395 e. The predicted octanol–water partition coefficient (Wildman–Crippen LogP) is -0.0620. The first-order valence-corrected chi connectivity index (χ1v) is 9.08. The van der Waals surface area contributed by atoms with Crippen LogP contribution in [0.15, 0.2) is 12.4 Å². The SMILES string of the molecule is O=C(Cn1nccn1)N1CCCC2(CC(NC(=O)C3(CO)CC3)C2)C1. The zero-order valence-corrected chi connectivity index (χ0v) is 14.4. The van der Waals surface area contributed by atoms with E-state index in [1.54, 1.807) is 12.4 Å². The summed E-state index contributed by atoms with van der Waals surface area (Å²) >= 11 is 0. The summed E-state index contributed by atoms with van der Waals surface area (Å²) in [6.07, 6.45) is 8.67. The Kier molecular flexibility index (Phi) is 4.02. The van der Waals surface area contributed by atoms with E-state index >= 15 is 0 Å². The molecule has 136 valence electrons. The number of amides is 2. The first-order valence-electron chi connectivity index (χ1n) is 9.08. The van der Waals surface area contributed by atoms with Crippen LogP contribution in [-0.4, -0.2) is 62.6 Å². The van der Waals surface area contributed by atoms with Crippen molar-refractivity contribution in [3.8, 4) is 0 Å². The Balaban J connectivity index is 1.29. The van der Waals surface area contributed by atoms with Crippen molar-refractivity contribution in [1.29, 1.82) is 0 Å². The molecule has 4 rings (SSSR count). The van der Waals surface area contributed by atoms with Crippen molar-refractivity contribution in [2.75, 3.05) is 19.7 Å². The van der Waals surface area contributed by atoms with E-state index < -0.39 is 5.41 Å². The second-order valence-electron chi connectivity index (χ2n) is 8.00. The van der Waals surface area contributed by atoms with Crippen LogP contribution in [0.1, 0.15) is 38.5 Å². The van der Waals surface area contributed by atoms with Gasteiger partial charge in [-0.2, -0.15) is 15.0 Å². The first kappa shape index (κ1) is 16.5. The molecule has 1 aromatic heterocycles. The van der Waals surface area contributed by atoms with E-state index in [9.17, 15) is 14.7 Å². The van der Waals surface area contributed by atoms with Crippen LogP contribution in [0.25, 0.3) is 0 Å². The number of likely N-dealkylation sites (tertiary alicyclic amines) is 1. The van der Waals surface area contributed by atoms with Gasteiger partial charge in [-0.1, -0.05) is 0 Å². The smallest absolute Gasteiger partial charge is 0.246 e. The highest BCUT2D eigenvalue weighted by Gasteiger charge is 2.53. The molecule has 0 bridgehead atoms. The summed E-state index contributed by atoms with van der Waals surface area (Å²) in [6.45, 7) is 1.67. The molecule has 0 radical (unpaired) electrons. The highest BCUT2D eigenvalue weighted by Crippen LogP contribution is 2.49. The molecule has 25 heavy (non-hydrogen) atoms. The van der Waals surface area contributed by atoms with Crippen molar-refractivity contribution < 1.29 is 14.7 Å². The van der Waals surface area contributed by atoms with Crippen LogP contribution in [0.4, 0.5) is 0 Å². The molecule has 2 saturated carbocycles. The van der Waals surface area contributed by atoms with E-state index in [1.165, 1.54) is 4.80 Å². The zero-order chi connectivity index (χ0) is 17.5. The molecule has 2 aliphatic carbocycles. The van der Waals surface area contributed by atoms with Crippen LogP contribution >= 0.6 is 0 Å². The van der Waals surface area contributed by atoms with E-state index in [-0.39, 0.29) is 36.4 Å². The van der Waals surface area contributed by atoms with Gasteiger partial charge in [0.25, 0.3) is 0 Å². The van der Waals surface area contributed by atoms with Gasteiger partial charge in [0.15, 0.2) is 0 Å². The second-order valence-corrected chi connectivity index (χ2v) is 8.00. The van der Waals surface area contributed by atoms with Crippen LogP contribution in [0, 0.1) is 10.8 Å². The van der Waals surface area contributed by atoms with Crippen molar-refractivity contribution in [3.63, 3.8) is 0 Å². The summed E-state index contributed by atoms with van der Waals surface area (Å²) in [6, 6.07) is 0.180. The molecule has 2 amide bonds. The van der Waals surface area contributed by atoms with E-state index in [4.69, 9.17) is 0 Å². The van der Waals surface area contributed by atoms with Gasteiger partial charge in [-0.25, -0.2) is 0 Å². The third-order valence-electron chi connectivity index (χ3n) is 6.09. The molecular formula is C17H25N5O3. The summed E-state index contributed by atoms with van der Waals surface area (Å²) < 4.78 is 0. The number of aliphatic hydroxyl groups excluding tert-OH is 1. The molecule has 1 aliphatic heterocycles. The van der Waals surface area contributed by atoms with Gasteiger partial charge in [0.2, 0.25) is 11.8 Å². The first-order chi connectivity index (χ1) is 12.0. The molecule has 0 atom stereocenters. The fourth-order valence-electron chi connectivity index (χ4n) is 4.33. The Bertz CT molecular complexity index is 649. The zero-order valence-electron chi connectivity index (χ0n) is 14.4. The number of hydrogen-bond donors (Lipinski definition) is 2. The molecule has 3 fully saturated rings. The molecule has 0 unspecified atom stereocenters. The Morgan fingerprint density at radius 3 is 2.56 bits per heavy atom. The van der Waals surface area contributed by atoms with Crippen LogP contribution in [-0.2, 0) is 16.1 Å². The topological polar surface area (TPSA) is 100 Å². The van der Waals surface area contributed by atoms with Crippen LogP contribution < -0.4 is 5.32 Å². The van der Waals surface area contributed by atoms with Gasteiger partial charge >= 0.3 is 0 Å². The number of aliphatic hydroxyl groups is 1. The number of nitrogens with one attached hydrogen (secondary N) is 1. The maximum atomic E-state index is 12.5. The standard InChI is InChI=1S/C17H25N5O3/c23-12-17(3-4-17)15(25)20-13-8-16(9-13)2-1-7-21(11-16)14(24)10-22-18-5-6-19-22/h5-6,13,23H,1-4,7-12H2,(H,20,25). The Labute approximate surface area is 146 Å². The lowest BCUT2D eigenvalue weighted by Crippen LogP contribution is -2.59. The Morgan fingerprint density at radius 2 is 1.92 bits per heavy atom. The lowest BCUT2D eigenvalue weighted by molar-refractivity contribution is -0.140. The molecule has 1 aromatic rings. The van der Waals surface area contributed by atoms with Crippen molar-refractivity contribution in [2.45, 2.75) is 51.1 Å². The lowest BCUT2D eigenvalue weighted by Gasteiger charge is -2.53. The average molecular weight is 347 g/mol. The minimum absolute atomic E-state index is 0.00310. The third-order valence-corrected chi connectivity index (χ3v) is 6.09. The Morgan fingerprint density at radius 1 is 1.20 bits per heavy atom. The second kappa shape index (κ2) is 6.09. The number of hydrogen-bond acceptors (Lipinski definition) is 5. The van der Waals surface area contributed by atoms with Crippen molar-refractivity contribution in [2.24, 2.45) is 10.8 Å². The molecular weight excluding hydrogens is 322 g/mol. The molecule has 2 N–H and O–H groups in total. The maximum absolute atomic E-state index is 12.5. The highest BCUT2D eigenvalue weighted by atomic mass is 16.3. The number of carbonyl (C=O) groups is 2. The van der Waals surface area contributed by atoms with Crippen LogP contribution in [0.2, 0.25) is 0 Å². The molecule has 1 spiro atoms. The molecule has 2 heterocycles. The van der Waals surface area contributed by atoms with Crippen molar-refractivity contribution >= 4 is 11.8 Å². The van der Waals surface area contributed by atoms with Gasteiger partial charge < -0.3 is 15.3 Å². The average Bonchev–Trinajstić information content (AvgIpc) is 3.23. The normalized spacial score (nSPS) is 30.0. The largest absolute Gasteiger partial charge is 0.395 e. The van der Waals surface area contributed by atoms with E-state index in [1.807, 2.05) is 4.90 Å². The summed E-state index contributed by atoms with van der Waals surface area (Å²) in [5.41, 5.74) is -0.368. The number of nitrogens with zero attached hydrogens (tertiary/aromatic N) is 4. The molecule has 0 aromatic carbocycles. The summed E-state index contributed by atoms with van der Waals surface area (Å²) in [4.78, 5) is 28.0. The fourth-order valence-corrected chi connectivity index (χ4v) is 4.33. The highest BCUT2D eigenvalue weighted by molar-refractivity contribution is 5.85. The van der Waals surface area contributed by atoms with E-state index in [0.29, 0.717) is 0 Å². The van der Waals surface area contributed by atoms with Gasteiger partial charge in [0.05, 0.1) is 24.4 Å². The van der Waals surface area contributed by atoms with Gasteiger partial charge in [0, 0.05) is 19.1 Å². The van der Waals surface area contributed by atoms with E-state index in [0.717, 1.165) is 51.6 Å². The quantitative estimate of drug-likeness (QED) is 0.777. The third kappa shape index (κ3) is 3.15. The van der Waals surface area contributed by atoms with Crippen molar-refractivity contribution in [1.82, 2.24) is 25.2 Å². The van der Waals surface area contributed by atoms with Gasteiger partial charge in [-0.15, -0.1) is 0 Å². The van der Waals surface area contributed by atoms with Gasteiger partial charge in [0.1, 0.15) is 6.54 Å². The minimum atomic E-state index is -0.506. The van der Waals surface area contributed by atoms with Crippen LogP contribution in [0.3, 0.4) is 0 Å². The molecule has 3 aliphatic rings. The number of piperidine rings is 1. The lowest BCUT2D eigenvalue weighted by atomic mass is 9.61. The number of aromatic nitrogens is 3. The van der Waals surface area contributed by atoms with E-state index in [2.05, 4.69) is 15.5 Å². The Hall–Kier alpha value is -1.96. The molecule has 8 heteroatoms. The summed E-state index contributed by atoms with van der Waals surface area (Å²) in [7, 11) is 0. The number of carbonyl (C=O) groups excluding carboxylic acids is 2. The van der Waals surface area contributed by atoms with Crippen molar-refractivity contribution in [3.05, 3.63) is 12.4 Å². The fraction of sp³-hybridized carbons (Fsp3) is 0.765. The van der Waals surface area contributed by atoms with Gasteiger partial charge in [-0.3, -0.25) is 9.59 Å².